The molecule has 0 radical (unpaired) electrons. The third-order valence-electron chi connectivity index (χ3n) is 14.5. The number of nitrogens with zero attached hydrogens (tertiary/aromatic N) is 2. The highest BCUT2D eigenvalue weighted by Crippen LogP contribution is 2.50. The van der Waals surface area contributed by atoms with Crippen molar-refractivity contribution >= 4 is 115 Å². The molecule has 0 spiro atoms. The summed E-state index contributed by atoms with van der Waals surface area (Å²) in [6.07, 6.45) is 0. The average molecular weight is 863 g/mol. The average Bonchev–Trinajstić information content (AvgIpc) is 4.10. The Hall–Kier alpha value is -7.80. The van der Waals surface area contributed by atoms with Crippen molar-refractivity contribution in [2.45, 2.75) is 26.2 Å². The molecule has 6 heterocycles. The molecule has 0 amide bonds. The van der Waals surface area contributed by atoms with Gasteiger partial charge in [0.05, 0.1) is 11.0 Å². The van der Waals surface area contributed by atoms with Crippen LogP contribution in [-0.4, -0.2) is 11.4 Å². The van der Waals surface area contributed by atoms with E-state index < -0.39 is 0 Å². The highest BCUT2D eigenvalue weighted by atomic mass is 32.1. The summed E-state index contributed by atoms with van der Waals surface area (Å²) in [5.41, 5.74) is 16.1. The number of para-hydroxylation sites is 1. The number of benzene rings is 9. The van der Waals surface area contributed by atoms with E-state index >= 15 is 0 Å². The van der Waals surface area contributed by atoms with E-state index in [9.17, 15) is 0 Å². The Balaban J connectivity index is 1.13. The van der Waals surface area contributed by atoms with Gasteiger partial charge in [-0.3, -0.25) is 0 Å². The van der Waals surface area contributed by atoms with Crippen molar-refractivity contribution in [3.05, 3.63) is 188 Å². The van der Waals surface area contributed by atoms with Gasteiger partial charge in [-0.25, -0.2) is 0 Å². The number of fused-ring (bicyclic) bond motifs is 15. The number of hydrogen-bond donors (Lipinski definition) is 0. The van der Waals surface area contributed by atoms with E-state index in [1.807, 2.05) is 11.3 Å². The molecule has 2 aliphatic heterocycles. The summed E-state index contributed by atoms with van der Waals surface area (Å²) in [5.74, 6) is 1.75. The lowest BCUT2D eigenvalue weighted by molar-refractivity contribution is 0.590. The van der Waals surface area contributed by atoms with E-state index in [-0.39, 0.29) is 12.3 Å². The van der Waals surface area contributed by atoms with Crippen LogP contribution in [0, 0.1) is 0 Å². The van der Waals surface area contributed by atoms with E-state index in [0.717, 1.165) is 66.7 Å². The molecule has 0 saturated carbocycles. The van der Waals surface area contributed by atoms with Crippen LogP contribution in [0.2, 0.25) is 0 Å². The van der Waals surface area contributed by atoms with Gasteiger partial charge < -0.3 is 18.2 Å². The van der Waals surface area contributed by atoms with Crippen molar-refractivity contribution in [2.24, 2.45) is 0 Å². The van der Waals surface area contributed by atoms with E-state index in [2.05, 4.69) is 212 Å². The second-order valence-electron chi connectivity index (χ2n) is 19.2. The van der Waals surface area contributed by atoms with Gasteiger partial charge in [0.1, 0.15) is 22.7 Å². The van der Waals surface area contributed by atoms with Gasteiger partial charge in [-0.1, -0.05) is 148 Å². The third kappa shape index (κ3) is 4.89. The molecule has 66 heavy (non-hydrogen) atoms. The lowest BCUT2D eigenvalue weighted by atomic mass is 9.44. The van der Waals surface area contributed by atoms with Gasteiger partial charge in [0.2, 0.25) is 0 Å². The summed E-state index contributed by atoms with van der Waals surface area (Å²) in [6.45, 7) is 6.68. The largest absolute Gasteiger partial charge is 0.456 e. The summed E-state index contributed by atoms with van der Waals surface area (Å²) in [6, 6.07) is 67.1. The fourth-order valence-electron chi connectivity index (χ4n) is 11.5. The van der Waals surface area contributed by atoms with Crippen LogP contribution < -0.4 is 15.7 Å². The first-order valence-corrected chi connectivity index (χ1v) is 23.7. The Morgan fingerprint density at radius 3 is 1.92 bits per heavy atom. The molecule has 13 aromatic rings. The fourth-order valence-corrected chi connectivity index (χ4v) is 12.6. The van der Waals surface area contributed by atoms with Crippen LogP contribution in [0.15, 0.2) is 191 Å². The normalized spacial score (nSPS) is 13.3. The van der Waals surface area contributed by atoms with Crippen LogP contribution in [0.3, 0.4) is 0 Å². The lowest BCUT2D eigenvalue weighted by Crippen LogP contribution is -2.60. The Kier molecular flexibility index (Phi) is 7.16. The maximum atomic E-state index is 7.13. The van der Waals surface area contributed by atoms with Crippen molar-refractivity contribution in [3.8, 4) is 39.5 Å². The smallest absolute Gasteiger partial charge is 0.333 e. The zero-order valence-corrected chi connectivity index (χ0v) is 37.3. The van der Waals surface area contributed by atoms with Crippen LogP contribution in [0.25, 0.3) is 114 Å². The van der Waals surface area contributed by atoms with E-state index in [1.165, 1.54) is 75.3 Å². The quantitative estimate of drug-likeness (QED) is 0.166. The maximum absolute atomic E-state index is 7.13. The first-order chi connectivity index (χ1) is 32.4. The van der Waals surface area contributed by atoms with Gasteiger partial charge in [-0.15, -0.1) is 11.3 Å². The highest BCUT2D eigenvalue weighted by Gasteiger charge is 2.45. The minimum absolute atomic E-state index is 0.00614. The number of thiophene rings is 1. The van der Waals surface area contributed by atoms with Crippen LogP contribution in [0.5, 0.6) is 0 Å². The number of rotatable bonds is 3. The molecule has 0 bridgehead atoms. The first kappa shape index (κ1) is 36.5. The predicted molar refractivity (Wildman–Crippen MR) is 279 cm³/mol. The molecule has 2 aliphatic rings. The summed E-state index contributed by atoms with van der Waals surface area (Å²) in [7, 11) is 0. The van der Waals surface area contributed by atoms with Crippen molar-refractivity contribution in [3.63, 3.8) is 0 Å². The van der Waals surface area contributed by atoms with E-state index in [1.54, 1.807) is 0 Å². The summed E-state index contributed by atoms with van der Waals surface area (Å²) in [4.78, 5) is 2.61. The molecular weight excluding hydrogens is 824 g/mol. The summed E-state index contributed by atoms with van der Waals surface area (Å²) in [5, 5.41) is 9.59. The van der Waals surface area contributed by atoms with Gasteiger partial charge in [0.15, 0.2) is 0 Å². The van der Waals surface area contributed by atoms with Crippen molar-refractivity contribution < 1.29 is 8.83 Å². The minimum atomic E-state index is -0.185. The van der Waals surface area contributed by atoms with Gasteiger partial charge in [0.25, 0.3) is 0 Å². The molecule has 0 N–H and O–H groups in total. The van der Waals surface area contributed by atoms with Gasteiger partial charge in [-0.2, -0.15) is 0 Å². The van der Waals surface area contributed by atoms with Gasteiger partial charge >= 0.3 is 6.85 Å². The Bertz CT molecular complexity index is 4210. The minimum Gasteiger partial charge on any atom is -0.456 e. The van der Waals surface area contributed by atoms with Gasteiger partial charge in [-0.05, 0) is 76.0 Å². The summed E-state index contributed by atoms with van der Waals surface area (Å²) < 4.78 is 19.0. The second-order valence-corrected chi connectivity index (χ2v) is 20.3. The maximum Gasteiger partial charge on any atom is 0.333 e. The molecule has 6 heteroatoms. The molecule has 0 unspecified atom stereocenters. The predicted octanol–water partition coefficient (Wildman–Crippen LogP) is 15.7. The zero-order valence-electron chi connectivity index (χ0n) is 36.5. The molecule has 0 aliphatic carbocycles. The van der Waals surface area contributed by atoms with Crippen molar-refractivity contribution in [1.82, 2.24) is 4.57 Å². The standard InChI is InChI=1S/C60H39BN2O2S/c1-60(2,3)36-22-24-37(25-23-36)63-50-32-53-44(38-18-10-12-20-52(38)64-53)28-42(50)40-26-27-41-43-29-45-39-19-11-13-21-54(39)66-55(45)33-49(43)62-51-31-47-46(30-48(51)61(63)56(40)57(41)62)58(34-14-6-4-7-15-34)65-59(47)35-16-8-5-9-17-35/h4-33H,1-3H3. The van der Waals surface area contributed by atoms with Crippen LogP contribution in [0.4, 0.5) is 11.4 Å². The Labute approximate surface area is 384 Å². The lowest BCUT2D eigenvalue weighted by Gasteiger charge is -2.42. The monoisotopic (exact) mass is 862 g/mol. The van der Waals surface area contributed by atoms with E-state index in [4.69, 9.17) is 8.83 Å². The van der Waals surface area contributed by atoms with Crippen LogP contribution in [-0.2, 0) is 5.41 Å². The highest BCUT2D eigenvalue weighted by molar-refractivity contribution is 7.25. The number of aromatic nitrogens is 1. The SMILES string of the molecule is CC(C)(C)c1ccc(N2B3c4cc5c(-c6ccccc6)oc(-c6ccccc6)c5cc4-n4c5cc6sc7ccccc7c6cc5c5ccc(c3c54)-c3cc4c(cc32)oc2ccccc24)cc1. The zero-order chi connectivity index (χ0) is 43.6. The summed E-state index contributed by atoms with van der Waals surface area (Å²) >= 11 is 1.88. The topological polar surface area (TPSA) is 34.5 Å². The Morgan fingerprint density at radius 1 is 0.470 bits per heavy atom. The third-order valence-corrected chi connectivity index (χ3v) is 15.7. The first-order valence-electron chi connectivity index (χ1n) is 22.9. The van der Waals surface area contributed by atoms with Crippen LogP contribution in [0.1, 0.15) is 26.3 Å². The molecule has 0 fully saturated rings. The molecule has 0 saturated heterocycles. The fraction of sp³-hybridized carbons (Fsp3) is 0.0667. The van der Waals surface area contributed by atoms with Gasteiger partial charge in [0, 0.05) is 92.3 Å². The number of anilines is 2. The van der Waals surface area contributed by atoms with E-state index in [0.29, 0.717) is 0 Å². The van der Waals surface area contributed by atoms with Crippen molar-refractivity contribution in [2.75, 3.05) is 4.81 Å². The molecular formula is C60H39BN2O2S. The van der Waals surface area contributed by atoms with Crippen LogP contribution >= 0.6 is 11.3 Å². The molecule has 15 rings (SSSR count). The molecule has 4 aromatic heterocycles. The molecule has 4 nitrogen and oxygen atoms in total. The second kappa shape index (κ2) is 12.9. The number of hydrogen-bond acceptors (Lipinski definition) is 4. The Morgan fingerprint density at radius 2 is 1.17 bits per heavy atom. The van der Waals surface area contributed by atoms with Crippen molar-refractivity contribution in [1.29, 1.82) is 0 Å². The number of furan rings is 2. The molecule has 310 valence electrons. The molecule has 9 aromatic carbocycles. The molecule has 0 atom stereocenters.